The predicted octanol–water partition coefficient (Wildman–Crippen LogP) is 2.74. The van der Waals surface area contributed by atoms with Gasteiger partial charge < -0.3 is 19.8 Å². The molecule has 2 amide bonds. The van der Waals surface area contributed by atoms with E-state index in [1.54, 1.807) is 13.0 Å². The van der Waals surface area contributed by atoms with Crippen molar-refractivity contribution < 1.29 is 23.5 Å². The van der Waals surface area contributed by atoms with Crippen LogP contribution in [0.1, 0.15) is 41.7 Å². The molecule has 28 heavy (non-hydrogen) atoms. The van der Waals surface area contributed by atoms with Gasteiger partial charge in [0.05, 0.1) is 17.9 Å². The molecule has 0 spiro atoms. The van der Waals surface area contributed by atoms with Crippen LogP contribution in [-0.2, 0) is 9.53 Å². The van der Waals surface area contributed by atoms with E-state index in [0.29, 0.717) is 5.69 Å². The topological polar surface area (TPSA) is 121 Å². The van der Waals surface area contributed by atoms with E-state index in [1.165, 1.54) is 36.6 Å². The average molecular weight is 383 g/mol. The van der Waals surface area contributed by atoms with E-state index < -0.39 is 29.9 Å². The molecular formula is C20H21N3O5. The molecule has 0 unspecified atom stereocenters. The summed E-state index contributed by atoms with van der Waals surface area (Å²) in [5, 5.41) is 14.4. The molecule has 0 aliphatic carbocycles. The molecule has 0 fully saturated rings. The van der Waals surface area contributed by atoms with E-state index in [9.17, 15) is 19.6 Å². The summed E-state index contributed by atoms with van der Waals surface area (Å²) in [6, 6.07) is 11.2. The van der Waals surface area contributed by atoms with Gasteiger partial charge in [0, 0.05) is 5.69 Å². The van der Waals surface area contributed by atoms with E-state index >= 15 is 0 Å². The van der Waals surface area contributed by atoms with Crippen molar-refractivity contribution in [3.63, 3.8) is 0 Å². The third-order valence-electron chi connectivity index (χ3n) is 4.24. The SMILES string of the molecule is CC(C)[C@@](C)(C#N)NC(=O)COC(=O)c1ccc(NC(=O)c2ccco2)cc1. The molecule has 8 nitrogen and oxygen atoms in total. The third kappa shape index (κ3) is 5.20. The predicted molar refractivity (Wildman–Crippen MR) is 100 cm³/mol. The number of amides is 2. The quantitative estimate of drug-likeness (QED) is 0.709. The molecule has 1 heterocycles. The Hall–Kier alpha value is -3.60. The maximum atomic E-state index is 12.1. The summed E-state index contributed by atoms with van der Waals surface area (Å²) in [4.78, 5) is 35.9. The lowest BCUT2D eigenvalue weighted by Crippen LogP contribution is -2.50. The van der Waals surface area contributed by atoms with Crippen LogP contribution in [0, 0.1) is 17.2 Å². The Kier molecular flexibility index (Phi) is 6.55. The Labute approximate surface area is 162 Å². The molecule has 2 rings (SSSR count). The lowest BCUT2D eigenvalue weighted by atomic mass is 9.90. The first-order valence-corrected chi connectivity index (χ1v) is 8.59. The van der Waals surface area contributed by atoms with Crippen LogP contribution in [0.25, 0.3) is 0 Å². The van der Waals surface area contributed by atoms with Crippen LogP contribution >= 0.6 is 0 Å². The minimum Gasteiger partial charge on any atom is -0.459 e. The molecule has 1 aromatic heterocycles. The number of benzene rings is 1. The lowest BCUT2D eigenvalue weighted by Gasteiger charge is -2.27. The number of nitrogens with zero attached hydrogens (tertiary/aromatic N) is 1. The summed E-state index contributed by atoms with van der Waals surface area (Å²) in [5.74, 6) is -1.61. The smallest absolute Gasteiger partial charge is 0.338 e. The molecule has 0 radical (unpaired) electrons. The zero-order valence-electron chi connectivity index (χ0n) is 15.8. The van der Waals surface area contributed by atoms with Crippen molar-refractivity contribution in [2.45, 2.75) is 26.3 Å². The van der Waals surface area contributed by atoms with Crippen molar-refractivity contribution in [2.75, 3.05) is 11.9 Å². The van der Waals surface area contributed by atoms with Gasteiger partial charge in [-0.3, -0.25) is 9.59 Å². The van der Waals surface area contributed by atoms with E-state index in [-0.39, 0.29) is 17.2 Å². The van der Waals surface area contributed by atoms with Gasteiger partial charge in [-0.25, -0.2) is 4.79 Å². The number of anilines is 1. The molecule has 146 valence electrons. The molecule has 0 aliphatic heterocycles. The minimum atomic E-state index is -1.04. The number of esters is 1. The zero-order valence-corrected chi connectivity index (χ0v) is 15.8. The third-order valence-corrected chi connectivity index (χ3v) is 4.24. The average Bonchev–Trinajstić information content (AvgIpc) is 3.21. The number of hydrogen-bond acceptors (Lipinski definition) is 6. The van der Waals surface area contributed by atoms with Crippen LogP contribution in [0.15, 0.2) is 47.1 Å². The number of hydrogen-bond donors (Lipinski definition) is 2. The maximum absolute atomic E-state index is 12.1. The normalized spacial score (nSPS) is 12.5. The molecule has 0 saturated carbocycles. The summed E-state index contributed by atoms with van der Waals surface area (Å²) >= 11 is 0. The molecule has 1 aromatic carbocycles. The molecule has 2 N–H and O–H groups in total. The first-order chi connectivity index (χ1) is 13.2. The standard InChI is InChI=1S/C20H21N3O5/c1-13(2)20(3,12-21)23-17(24)11-28-19(26)14-6-8-15(9-7-14)22-18(25)16-5-4-10-27-16/h4-10,13H,11H2,1-3H3,(H,22,25)(H,23,24)/t20-/m1/s1. The van der Waals surface area contributed by atoms with E-state index in [4.69, 9.17) is 9.15 Å². The van der Waals surface area contributed by atoms with Crippen LogP contribution in [-0.4, -0.2) is 29.9 Å². The molecule has 0 aliphatic rings. The fourth-order valence-electron chi connectivity index (χ4n) is 2.13. The Morgan fingerprint density at radius 3 is 2.43 bits per heavy atom. The summed E-state index contributed by atoms with van der Waals surface area (Å²) in [6.45, 7) is 4.72. The highest BCUT2D eigenvalue weighted by atomic mass is 16.5. The number of nitriles is 1. The number of carbonyl (C=O) groups excluding carboxylic acids is 3. The summed E-state index contributed by atoms with van der Waals surface area (Å²) < 4.78 is 9.97. The van der Waals surface area contributed by atoms with Crippen molar-refractivity contribution >= 4 is 23.5 Å². The van der Waals surface area contributed by atoms with Crippen molar-refractivity contribution in [3.05, 3.63) is 54.0 Å². The van der Waals surface area contributed by atoms with Crippen molar-refractivity contribution in [3.8, 4) is 6.07 Å². The van der Waals surface area contributed by atoms with Gasteiger partial charge in [0.1, 0.15) is 5.54 Å². The summed E-state index contributed by atoms with van der Waals surface area (Å²) in [6.07, 6.45) is 1.39. The van der Waals surface area contributed by atoms with Gasteiger partial charge >= 0.3 is 5.97 Å². The second-order valence-corrected chi connectivity index (χ2v) is 6.60. The monoisotopic (exact) mass is 383 g/mol. The number of carbonyl (C=O) groups is 3. The fraction of sp³-hybridized carbons (Fsp3) is 0.300. The number of nitrogens with one attached hydrogen (secondary N) is 2. The van der Waals surface area contributed by atoms with Gasteiger partial charge in [-0.2, -0.15) is 5.26 Å². The first kappa shape index (κ1) is 20.7. The lowest BCUT2D eigenvalue weighted by molar-refractivity contribution is -0.125. The minimum absolute atomic E-state index is 0.110. The van der Waals surface area contributed by atoms with E-state index in [1.807, 2.05) is 19.9 Å². The molecule has 8 heteroatoms. The first-order valence-electron chi connectivity index (χ1n) is 8.59. The van der Waals surface area contributed by atoms with Crippen LogP contribution in [0.5, 0.6) is 0 Å². The second kappa shape index (κ2) is 8.86. The number of furan rings is 1. The highest BCUT2D eigenvalue weighted by Crippen LogP contribution is 2.15. The van der Waals surface area contributed by atoms with E-state index in [0.717, 1.165) is 0 Å². The van der Waals surface area contributed by atoms with E-state index in [2.05, 4.69) is 10.6 Å². The van der Waals surface area contributed by atoms with Gasteiger partial charge in [-0.05, 0) is 49.2 Å². The van der Waals surface area contributed by atoms with Gasteiger partial charge in [0.25, 0.3) is 11.8 Å². The van der Waals surface area contributed by atoms with Crippen molar-refractivity contribution in [1.29, 1.82) is 5.26 Å². The van der Waals surface area contributed by atoms with Crippen LogP contribution in [0.3, 0.4) is 0 Å². The second-order valence-electron chi connectivity index (χ2n) is 6.60. The Balaban J connectivity index is 1.88. The Morgan fingerprint density at radius 1 is 1.21 bits per heavy atom. The van der Waals surface area contributed by atoms with Crippen LogP contribution in [0.2, 0.25) is 0 Å². The van der Waals surface area contributed by atoms with Crippen LogP contribution < -0.4 is 10.6 Å². The Bertz CT molecular complexity index is 882. The van der Waals surface area contributed by atoms with Gasteiger partial charge in [-0.1, -0.05) is 13.8 Å². The van der Waals surface area contributed by atoms with Gasteiger partial charge in [0.15, 0.2) is 12.4 Å². The largest absolute Gasteiger partial charge is 0.459 e. The van der Waals surface area contributed by atoms with Crippen LogP contribution in [0.4, 0.5) is 5.69 Å². The molecule has 1 atom stereocenters. The van der Waals surface area contributed by atoms with Crippen molar-refractivity contribution in [2.24, 2.45) is 5.92 Å². The fourth-order valence-corrected chi connectivity index (χ4v) is 2.13. The summed E-state index contributed by atoms with van der Waals surface area (Å²) in [5.41, 5.74) is -0.356. The maximum Gasteiger partial charge on any atom is 0.338 e. The van der Waals surface area contributed by atoms with Gasteiger partial charge in [0.2, 0.25) is 0 Å². The van der Waals surface area contributed by atoms with Crippen molar-refractivity contribution in [1.82, 2.24) is 5.32 Å². The molecule has 0 bridgehead atoms. The zero-order chi connectivity index (χ0) is 20.7. The molecular weight excluding hydrogens is 362 g/mol. The Morgan fingerprint density at radius 2 is 1.89 bits per heavy atom. The summed E-state index contributed by atoms with van der Waals surface area (Å²) in [7, 11) is 0. The molecule has 2 aromatic rings. The highest BCUT2D eigenvalue weighted by Gasteiger charge is 2.30. The number of ether oxygens (including phenoxy) is 1. The highest BCUT2D eigenvalue weighted by molar-refractivity contribution is 6.02. The molecule has 0 saturated heterocycles. The number of rotatable bonds is 7. The van der Waals surface area contributed by atoms with Gasteiger partial charge in [-0.15, -0.1) is 0 Å².